The van der Waals surface area contributed by atoms with Crippen LogP contribution < -0.4 is 9.05 Å². The summed E-state index contributed by atoms with van der Waals surface area (Å²) >= 11 is 0. The molecule has 2 aromatic carbocycles. The van der Waals surface area contributed by atoms with Crippen molar-refractivity contribution in [1.29, 1.82) is 0 Å². The first-order chi connectivity index (χ1) is 15.8. The van der Waals surface area contributed by atoms with Crippen LogP contribution in [-0.4, -0.2) is 39.2 Å². The van der Waals surface area contributed by atoms with Gasteiger partial charge in [-0.25, -0.2) is 4.57 Å². The third-order valence-electron chi connectivity index (χ3n) is 5.20. The number of methoxy groups -OCH3 is 3. The molecule has 0 radical (unpaired) electrons. The molecule has 1 atom stereocenters. The van der Waals surface area contributed by atoms with Gasteiger partial charge in [0.2, 0.25) is 0 Å². The van der Waals surface area contributed by atoms with E-state index in [0.717, 1.165) is 16.7 Å². The van der Waals surface area contributed by atoms with Gasteiger partial charge in [0, 0.05) is 14.2 Å². The Bertz CT molecular complexity index is 946. The van der Waals surface area contributed by atoms with Gasteiger partial charge in [0.25, 0.3) is 0 Å². The van der Waals surface area contributed by atoms with Crippen molar-refractivity contribution in [3.63, 3.8) is 0 Å². The van der Waals surface area contributed by atoms with E-state index in [4.69, 9.17) is 23.3 Å². The summed E-state index contributed by atoms with van der Waals surface area (Å²) < 4.78 is 41.7. The summed E-state index contributed by atoms with van der Waals surface area (Å²) in [5, 5.41) is 0. The predicted molar refractivity (Wildman–Crippen MR) is 128 cm³/mol. The second kappa shape index (κ2) is 12.6. The van der Waals surface area contributed by atoms with Gasteiger partial charge in [0.15, 0.2) is 11.9 Å². The lowest BCUT2D eigenvalue weighted by Gasteiger charge is -2.27. The molecule has 8 heteroatoms. The lowest BCUT2D eigenvalue weighted by molar-refractivity contribution is -0.140. The van der Waals surface area contributed by atoms with Crippen LogP contribution in [0.25, 0.3) is 0 Å². The van der Waals surface area contributed by atoms with Crippen LogP contribution in [0.15, 0.2) is 60.2 Å². The summed E-state index contributed by atoms with van der Waals surface area (Å²) in [6.07, 6.45) is 1.96. The van der Waals surface area contributed by atoms with E-state index < -0.39 is 25.5 Å². The number of hydrogen-bond donors (Lipinski definition) is 0. The number of allylic oxidation sites excluding steroid dienone is 1. The fourth-order valence-corrected chi connectivity index (χ4v) is 5.39. The third kappa shape index (κ3) is 7.19. The van der Waals surface area contributed by atoms with Gasteiger partial charge < -0.3 is 23.3 Å². The molecule has 0 aliphatic carbocycles. The second-order valence-electron chi connectivity index (χ2n) is 7.62. The Morgan fingerprint density at radius 3 is 1.82 bits per heavy atom. The van der Waals surface area contributed by atoms with Crippen molar-refractivity contribution in [3.8, 4) is 11.5 Å². The Balaban J connectivity index is 2.43. The zero-order valence-electron chi connectivity index (χ0n) is 20.1. The molecule has 0 aliphatic rings. The maximum Gasteiger partial charge on any atom is 0.445 e. The van der Waals surface area contributed by atoms with Crippen LogP contribution in [0.3, 0.4) is 0 Å². The molecule has 2 aromatic rings. The van der Waals surface area contributed by atoms with Crippen LogP contribution >= 0.6 is 7.60 Å². The van der Waals surface area contributed by atoms with E-state index in [9.17, 15) is 9.36 Å². The quantitative estimate of drug-likeness (QED) is 0.165. The molecular formula is C25H33O7P. The molecular weight excluding hydrogens is 443 g/mol. The molecule has 0 saturated carbocycles. The smallest absolute Gasteiger partial charge is 0.445 e. The molecule has 7 nitrogen and oxygen atoms in total. The zero-order valence-corrected chi connectivity index (χ0v) is 21.0. The van der Waals surface area contributed by atoms with Crippen molar-refractivity contribution < 1.29 is 32.6 Å². The summed E-state index contributed by atoms with van der Waals surface area (Å²) in [4.78, 5) is 12.8. The number of esters is 1. The topological polar surface area (TPSA) is 80.3 Å². The molecule has 180 valence electrons. The van der Waals surface area contributed by atoms with E-state index in [0.29, 0.717) is 17.9 Å². The zero-order chi connectivity index (χ0) is 24.4. The van der Waals surface area contributed by atoms with Crippen molar-refractivity contribution in [2.45, 2.75) is 45.6 Å². The Labute approximate surface area is 196 Å². The van der Waals surface area contributed by atoms with Gasteiger partial charge in [0.05, 0.1) is 7.11 Å². The van der Waals surface area contributed by atoms with E-state index in [1.165, 1.54) is 7.11 Å². The molecule has 33 heavy (non-hydrogen) atoms. The number of carbonyl (C=O) groups is 1. The van der Waals surface area contributed by atoms with Crippen molar-refractivity contribution in [1.82, 2.24) is 0 Å². The van der Waals surface area contributed by atoms with Crippen LogP contribution in [0.2, 0.25) is 0 Å². The first-order valence-electron chi connectivity index (χ1n) is 10.7. The van der Waals surface area contributed by atoms with Crippen LogP contribution in [0.4, 0.5) is 0 Å². The molecule has 0 aromatic heterocycles. The number of ether oxygens (including phenoxy) is 3. The van der Waals surface area contributed by atoms with Gasteiger partial charge in [-0.05, 0) is 62.4 Å². The predicted octanol–water partition coefficient (Wildman–Crippen LogP) is 5.84. The SMILES string of the molecule is COC(=O)C(CC/C=C(\C)C(OC)OC)P(=O)(Oc1ccccc1C)Oc1ccccc1C. The highest BCUT2D eigenvalue weighted by Gasteiger charge is 2.45. The Hall–Kier alpha value is -2.60. The Kier molecular flexibility index (Phi) is 10.2. The molecule has 0 fully saturated rings. The third-order valence-corrected chi connectivity index (χ3v) is 7.33. The Morgan fingerprint density at radius 2 is 1.39 bits per heavy atom. The van der Waals surface area contributed by atoms with Gasteiger partial charge in [-0.3, -0.25) is 4.79 Å². The molecule has 0 aliphatic heterocycles. The summed E-state index contributed by atoms with van der Waals surface area (Å²) in [5.74, 6) is 0.101. The summed E-state index contributed by atoms with van der Waals surface area (Å²) in [7, 11) is 0.284. The van der Waals surface area contributed by atoms with Crippen molar-refractivity contribution >= 4 is 13.6 Å². The summed E-state index contributed by atoms with van der Waals surface area (Å²) in [6.45, 7) is 5.53. The van der Waals surface area contributed by atoms with Gasteiger partial charge in [-0.15, -0.1) is 0 Å². The van der Waals surface area contributed by atoms with Gasteiger partial charge in [-0.2, -0.15) is 0 Å². The molecule has 0 amide bonds. The highest BCUT2D eigenvalue weighted by Crippen LogP contribution is 2.55. The van der Waals surface area contributed by atoms with Crippen LogP contribution in [0.5, 0.6) is 11.5 Å². The normalized spacial score (nSPS) is 13.0. The standard InChI is InChI=1S/C25H33O7P/c1-18-12-7-9-15-21(18)31-33(27,32-22-16-10-8-13-19(22)2)23(24(26)28-4)17-11-14-20(3)25(29-5)30-6/h7-10,12-16,23,25H,11,17H2,1-6H3/b20-14+. The number of carbonyl (C=O) groups excluding carboxylic acids is 1. The fourth-order valence-electron chi connectivity index (χ4n) is 3.31. The number of aryl methyl sites for hydroxylation is 2. The fraction of sp³-hybridized carbons (Fsp3) is 0.400. The maximum atomic E-state index is 14.3. The highest BCUT2D eigenvalue weighted by molar-refractivity contribution is 7.56. The summed E-state index contributed by atoms with van der Waals surface area (Å²) in [5.41, 5.74) is 1.23. The highest BCUT2D eigenvalue weighted by atomic mass is 31.2. The molecule has 2 rings (SSSR count). The first kappa shape index (κ1) is 26.7. The van der Waals surface area contributed by atoms with E-state index in [1.807, 2.05) is 51.1 Å². The molecule has 0 N–H and O–H groups in total. The molecule has 0 bridgehead atoms. The first-order valence-corrected chi connectivity index (χ1v) is 12.3. The van der Waals surface area contributed by atoms with Crippen molar-refractivity contribution in [2.75, 3.05) is 21.3 Å². The molecule has 0 spiro atoms. The van der Waals surface area contributed by atoms with Gasteiger partial charge in [-0.1, -0.05) is 42.5 Å². The van der Waals surface area contributed by atoms with Crippen LogP contribution in [0, 0.1) is 13.8 Å². The lowest BCUT2D eigenvalue weighted by Crippen LogP contribution is -2.27. The van der Waals surface area contributed by atoms with Crippen LogP contribution in [-0.2, 0) is 23.6 Å². The number of benzene rings is 2. The summed E-state index contributed by atoms with van der Waals surface area (Å²) in [6, 6.07) is 14.3. The van der Waals surface area contributed by atoms with Crippen molar-refractivity contribution in [2.24, 2.45) is 0 Å². The minimum absolute atomic E-state index is 0.180. The van der Waals surface area contributed by atoms with Gasteiger partial charge >= 0.3 is 13.6 Å². The van der Waals surface area contributed by atoms with E-state index in [2.05, 4.69) is 0 Å². The molecule has 0 heterocycles. The van der Waals surface area contributed by atoms with E-state index in [-0.39, 0.29) is 6.42 Å². The minimum Gasteiger partial charge on any atom is -0.468 e. The molecule has 0 saturated heterocycles. The second-order valence-corrected chi connectivity index (χ2v) is 9.69. The average molecular weight is 477 g/mol. The monoisotopic (exact) mass is 476 g/mol. The lowest BCUT2D eigenvalue weighted by atomic mass is 10.1. The van der Waals surface area contributed by atoms with E-state index in [1.54, 1.807) is 38.5 Å². The minimum atomic E-state index is -4.06. The Morgan fingerprint density at radius 1 is 0.909 bits per heavy atom. The maximum absolute atomic E-state index is 14.3. The largest absolute Gasteiger partial charge is 0.468 e. The number of rotatable bonds is 12. The van der Waals surface area contributed by atoms with Crippen LogP contribution in [0.1, 0.15) is 30.9 Å². The number of para-hydroxylation sites is 2. The molecule has 1 unspecified atom stereocenters. The average Bonchev–Trinajstić information content (AvgIpc) is 2.80. The van der Waals surface area contributed by atoms with E-state index >= 15 is 0 Å². The van der Waals surface area contributed by atoms with Gasteiger partial charge in [0.1, 0.15) is 11.5 Å². The van der Waals surface area contributed by atoms with Crippen molar-refractivity contribution in [3.05, 3.63) is 71.3 Å². The number of hydrogen-bond acceptors (Lipinski definition) is 7.